The van der Waals surface area contributed by atoms with Crippen molar-refractivity contribution in [2.45, 2.75) is 0 Å². The van der Waals surface area contributed by atoms with E-state index in [1.807, 2.05) is 18.2 Å². The zero-order valence-corrected chi connectivity index (χ0v) is 11.9. The van der Waals surface area contributed by atoms with Gasteiger partial charge in [0.25, 0.3) is 0 Å². The Balaban J connectivity index is 2.49. The predicted molar refractivity (Wildman–Crippen MR) is 70.7 cm³/mol. The highest BCUT2D eigenvalue weighted by Gasteiger charge is 2.04. The summed E-state index contributed by atoms with van der Waals surface area (Å²) in [5.74, 6) is 0. The average Bonchev–Trinajstić information content (AvgIpc) is 2.23. The minimum absolute atomic E-state index is 0.250. The van der Waals surface area contributed by atoms with Crippen LogP contribution in [-0.4, -0.2) is 26.3 Å². The zero-order valence-electron chi connectivity index (χ0n) is 8.72. The molecule has 0 bridgehead atoms. The highest BCUT2D eigenvalue weighted by Crippen LogP contribution is 2.25. The van der Waals surface area contributed by atoms with Gasteiger partial charge in [0.05, 0.1) is 12.3 Å². The molecule has 16 heavy (non-hydrogen) atoms. The topological polar surface area (TPSA) is 50.4 Å². The summed E-state index contributed by atoms with van der Waals surface area (Å²) >= 11 is 6.70. The second kappa shape index (κ2) is 6.88. The SMILES string of the molecule is COCCNC(=O)Nc1ccc(Br)cc1Br. The van der Waals surface area contributed by atoms with Crippen molar-refractivity contribution in [3.05, 3.63) is 27.1 Å². The van der Waals surface area contributed by atoms with Crippen LogP contribution < -0.4 is 10.6 Å². The van der Waals surface area contributed by atoms with Gasteiger partial charge in [-0.05, 0) is 34.1 Å². The Morgan fingerprint density at radius 2 is 2.19 bits per heavy atom. The van der Waals surface area contributed by atoms with E-state index < -0.39 is 0 Å². The molecule has 0 spiro atoms. The Hall–Kier alpha value is -0.590. The fourth-order valence-corrected chi connectivity index (χ4v) is 2.17. The molecule has 6 heteroatoms. The number of anilines is 1. The number of benzene rings is 1. The van der Waals surface area contributed by atoms with E-state index in [2.05, 4.69) is 42.5 Å². The summed E-state index contributed by atoms with van der Waals surface area (Å²) in [6, 6.07) is 5.28. The molecule has 88 valence electrons. The van der Waals surface area contributed by atoms with Crippen molar-refractivity contribution < 1.29 is 9.53 Å². The van der Waals surface area contributed by atoms with Crippen molar-refractivity contribution in [2.24, 2.45) is 0 Å². The van der Waals surface area contributed by atoms with E-state index in [-0.39, 0.29) is 6.03 Å². The minimum Gasteiger partial charge on any atom is -0.383 e. The quantitative estimate of drug-likeness (QED) is 0.819. The number of ether oxygens (including phenoxy) is 1. The predicted octanol–water partition coefficient (Wildman–Crippen LogP) is 2.98. The minimum atomic E-state index is -0.250. The third kappa shape index (κ3) is 4.51. The molecule has 0 atom stereocenters. The van der Waals surface area contributed by atoms with Gasteiger partial charge in [-0.25, -0.2) is 4.79 Å². The van der Waals surface area contributed by atoms with Crippen LogP contribution >= 0.6 is 31.9 Å². The summed E-state index contributed by atoms with van der Waals surface area (Å²) in [4.78, 5) is 11.4. The molecule has 0 unspecified atom stereocenters. The van der Waals surface area contributed by atoms with Crippen molar-refractivity contribution in [2.75, 3.05) is 25.6 Å². The molecule has 0 saturated heterocycles. The van der Waals surface area contributed by atoms with Crippen LogP contribution in [0.3, 0.4) is 0 Å². The molecular weight excluding hydrogens is 340 g/mol. The fourth-order valence-electron chi connectivity index (χ4n) is 1.02. The van der Waals surface area contributed by atoms with Crippen LogP contribution in [0.4, 0.5) is 10.5 Å². The summed E-state index contributed by atoms with van der Waals surface area (Å²) in [6.45, 7) is 0.978. The molecule has 0 saturated carbocycles. The van der Waals surface area contributed by atoms with Crippen LogP contribution in [0.15, 0.2) is 27.1 Å². The van der Waals surface area contributed by atoms with Gasteiger partial charge in [0, 0.05) is 22.6 Å². The van der Waals surface area contributed by atoms with Crippen LogP contribution in [-0.2, 0) is 4.74 Å². The molecule has 1 aromatic rings. The van der Waals surface area contributed by atoms with Crippen LogP contribution in [0.2, 0.25) is 0 Å². The third-order valence-electron chi connectivity index (χ3n) is 1.77. The molecule has 0 aromatic heterocycles. The average molecular weight is 352 g/mol. The summed E-state index contributed by atoms with van der Waals surface area (Å²) < 4.78 is 6.60. The van der Waals surface area contributed by atoms with Crippen LogP contribution in [0.1, 0.15) is 0 Å². The maximum atomic E-state index is 11.4. The second-order valence-corrected chi connectivity index (χ2v) is 4.77. The van der Waals surface area contributed by atoms with Gasteiger partial charge in [-0.3, -0.25) is 0 Å². The van der Waals surface area contributed by atoms with Crippen molar-refractivity contribution in [3.63, 3.8) is 0 Å². The molecule has 2 amide bonds. The molecule has 0 fully saturated rings. The van der Waals surface area contributed by atoms with Gasteiger partial charge in [0.15, 0.2) is 0 Å². The van der Waals surface area contributed by atoms with Gasteiger partial charge in [-0.15, -0.1) is 0 Å². The fraction of sp³-hybridized carbons (Fsp3) is 0.300. The largest absolute Gasteiger partial charge is 0.383 e. The zero-order chi connectivity index (χ0) is 12.0. The molecule has 1 aromatic carbocycles. The lowest BCUT2D eigenvalue weighted by molar-refractivity contribution is 0.198. The van der Waals surface area contributed by atoms with Crippen LogP contribution in [0.5, 0.6) is 0 Å². The Labute approximate surface area is 111 Å². The van der Waals surface area contributed by atoms with E-state index in [1.165, 1.54) is 0 Å². The number of carbonyl (C=O) groups excluding carboxylic acids is 1. The smallest absolute Gasteiger partial charge is 0.319 e. The molecule has 0 aliphatic carbocycles. The lowest BCUT2D eigenvalue weighted by Crippen LogP contribution is -2.31. The van der Waals surface area contributed by atoms with Crippen molar-refractivity contribution >= 4 is 43.6 Å². The normalized spacial score (nSPS) is 9.94. The maximum absolute atomic E-state index is 11.4. The summed E-state index contributed by atoms with van der Waals surface area (Å²) in [7, 11) is 1.59. The Kier molecular flexibility index (Phi) is 5.79. The van der Waals surface area contributed by atoms with E-state index in [9.17, 15) is 4.79 Å². The molecule has 1 rings (SSSR count). The number of halogens is 2. The van der Waals surface area contributed by atoms with Gasteiger partial charge in [0.1, 0.15) is 0 Å². The van der Waals surface area contributed by atoms with E-state index in [0.717, 1.165) is 14.6 Å². The monoisotopic (exact) mass is 350 g/mol. The number of methoxy groups -OCH3 is 1. The lowest BCUT2D eigenvalue weighted by Gasteiger charge is -2.08. The Bertz CT molecular complexity index is 372. The molecule has 2 N–H and O–H groups in total. The highest BCUT2D eigenvalue weighted by molar-refractivity contribution is 9.11. The Morgan fingerprint density at radius 1 is 1.44 bits per heavy atom. The van der Waals surface area contributed by atoms with Crippen molar-refractivity contribution in [1.29, 1.82) is 0 Å². The van der Waals surface area contributed by atoms with Crippen molar-refractivity contribution in [1.82, 2.24) is 5.32 Å². The number of amides is 2. The van der Waals surface area contributed by atoms with E-state index >= 15 is 0 Å². The number of urea groups is 1. The summed E-state index contributed by atoms with van der Waals surface area (Å²) in [6.07, 6.45) is 0. The molecular formula is C10H12Br2N2O2. The highest BCUT2D eigenvalue weighted by atomic mass is 79.9. The molecule has 0 heterocycles. The lowest BCUT2D eigenvalue weighted by atomic mass is 10.3. The van der Waals surface area contributed by atoms with Gasteiger partial charge >= 0.3 is 6.03 Å². The first-order valence-corrected chi connectivity index (χ1v) is 6.21. The third-order valence-corrected chi connectivity index (χ3v) is 2.92. The number of carbonyl (C=O) groups is 1. The molecule has 4 nitrogen and oxygen atoms in total. The first kappa shape index (κ1) is 13.5. The molecule has 0 aliphatic heterocycles. The Morgan fingerprint density at radius 3 is 2.81 bits per heavy atom. The number of rotatable bonds is 4. The number of hydrogen-bond acceptors (Lipinski definition) is 2. The van der Waals surface area contributed by atoms with Crippen molar-refractivity contribution in [3.8, 4) is 0 Å². The van der Waals surface area contributed by atoms with E-state index in [0.29, 0.717) is 13.2 Å². The van der Waals surface area contributed by atoms with E-state index in [1.54, 1.807) is 7.11 Å². The second-order valence-electron chi connectivity index (χ2n) is 3.00. The number of nitrogens with one attached hydrogen (secondary N) is 2. The summed E-state index contributed by atoms with van der Waals surface area (Å²) in [5.41, 5.74) is 0.720. The maximum Gasteiger partial charge on any atom is 0.319 e. The number of hydrogen-bond donors (Lipinski definition) is 2. The van der Waals surface area contributed by atoms with Gasteiger partial charge < -0.3 is 15.4 Å². The molecule has 0 radical (unpaired) electrons. The first-order chi connectivity index (χ1) is 7.63. The van der Waals surface area contributed by atoms with Gasteiger partial charge in [-0.2, -0.15) is 0 Å². The first-order valence-electron chi connectivity index (χ1n) is 4.62. The van der Waals surface area contributed by atoms with E-state index in [4.69, 9.17) is 4.74 Å². The van der Waals surface area contributed by atoms with Gasteiger partial charge in [0.2, 0.25) is 0 Å². The van der Waals surface area contributed by atoms with Crippen LogP contribution in [0.25, 0.3) is 0 Å². The molecule has 0 aliphatic rings. The van der Waals surface area contributed by atoms with Crippen LogP contribution in [0, 0.1) is 0 Å². The summed E-state index contributed by atoms with van der Waals surface area (Å²) in [5, 5.41) is 5.39. The van der Waals surface area contributed by atoms with Gasteiger partial charge in [-0.1, -0.05) is 15.9 Å². The standard InChI is InChI=1S/C10H12Br2N2O2/c1-16-5-4-13-10(15)14-9-3-2-7(11)6-8(9)12/h2-3,6H,4-5H2,1H3,(H2,13,14,15).